The van der Waals surface area contributed by atoms with Crippen molar-refractivity contribution >= 4 is 29.0 Å². The summed E-state index contributed by atoms with van der Waals surface area (Å²) in [6.45, 7) is 8.53. The van der Waals surface area contributed by atoms with Crippen LogP contribution in [0.5, 0.6) is 0 Å². The molecule has 0 saturated carbocycles. The topological polar surface area (TPSA) is 80.3 Å². The van der Waals surface area contributed by atoms with Crippen LogP contribution in [-0.4, -0.2) is 68.6 Å². The molecular formula is C15H22N6OS2. The SMILES string of the molecule is CCN1CCN(C(=O)C(C)Sc2nnc(-c3cccs3)n2N)CC1. The first-order chi connectivity index (χ1) is 11.6. The van der Waals surface area contributed by atoms with Gasteiger partial charge in [-0.1, -0.05) is 24.8 Å². The number of carbonyl (C=O) groups excluding carboxylic acids is 1. The molecule has 1 aliphatic heterocycles. The molecule has 7 nitrogen and oxygen atoms in total. The third-order valence-corrected chi connectivity index (χ3v) is 6.08. The van der Waals surface area contributed by atoms with E-state index in [9.17, 15) is 4.79 Å². The van der Waals surface area contributed by atoms with Crippen molar-refractivity contribution in [2.24, 2.45) is 0 Å². The lowest BCUT2D eigenvalue weighted by Crippen LogP contribution is -2.50. The van der Waals surface area contributed by atoms with Crippen LogP contribution < -0.4 is 5.84 Å². The van der Waals surface area contributed by atoms with Gasteiger partial charge >= 0.3 is 0 Å². The second-order valence-corrected chi connectivity index (χ2v) is 7.93. The Kier molecular flexibility index (Phi) is 5.42. The van der Waals surface area contributed by atoms with Crippen LogP contribution in [0, 0.1) is 0 Å². The van der Waals surface area contributed by atoms with Crippen LogP contribution in [0.15, 0.2) is 22.7 Å². The summed E-state index contributed by atoms with van der Waals surface area (Å²) in [6, 6.07) is 3.90. The molecule has 1 amide bonds. The Morgan fingerprint density at radius 3 is 2.75 bits per heavy atom. The molecule has 0 spiro atoms. The highest BCUT2D eigenvalue weighted by molar-refractivity contribution is 8.00. The van der Waals surface area contributed by atoms with Crippen LogP contribution >= 0.6 is 23.1 Å². The largest absolute Gasteiger partial charge is 0.339 e. The minimum Gasteiger partial charge on any atom is -0.339 e. The van der Waals surface area contributed by atoms with Crippen molar-refractivity contribution in [2.75, 3.05) is 38.6 Å². The van der Waals surface area contributed by atoms with Gasteiger partial charge in [0.15, 0.2) is 5.82 Å². The van der Waals surface area contributed by atoms with E-state index in [0.717, 1.165) is 37.6 Å². The second-order valence-electron chi connectivity index (χ2n) is 5.67. The highest BCUT2D eigenvalue weighted by Gasteiger charge is 2.26. The number of carbonyl (C=O) groups is 1. The first-order valence-corrected chi connectivity index (χ1v) is 9.78. The molecule has 24 heavy (non-hydrogen) atoms. The van der Waals surface area contributed by atoms with Gasteiger partial charge in [-0.2, -0.15) is 0 Å². The zero-order chi connectivity index (χ0) is 17.1. The standard InChI is InChI=1S/C15H22N6OS2/c1-3-19-6-8-20(9-7-19)14(22)11(2)24-15-18-17-13(21(15)16)12-5-4-10-23-12/h4-5,10-11H,3,6-9,16H2,1-2H3. The molecule has 0 aromatic carbocycles. The Bertz CT molecular complexity index is 678. The minimum absolute atomic E-state index is 0.136. The average molecular weight is 367 g/mol. The van der Waals surface area contributed by atoms with E-state index in [1.807, 2.05) is 29.3 Å². The quantitative estimate of drug-likeness (QED) is 0.636. The number of nitrogens with zero attached hydrogens (tertiary/aromatic N) is 5. The molecule has 1 unspecified atom stereocenters. The van der Waals surface area contributed by atoms with Crippen molar-refractivity contribution < 1.29 is 4.79 Å². The van der Waals surface area contributed by atoms with E-state index in [-0.39, 0.29) is 11.2 Å². The maximum Gasteiger partial charge on any atom is 0.235 e. The molecule has 2 N–H and O–H groups in total. The molecule has 1 saturated heterocycles. The third-order valence-electron chi connectivity index (χ3n) is 4.17. The van der Waals surface area contributed by atoms with E-state index in [2.05, 4.69) is 22.0 Å². The lowest BCUT2D eigenvalue weighted by atomic mass is 10.3. The normalized spacial score (nSPS) is 17.2. The van der Waals surface area contributed by atoms with Crippen LogP contribution in [0.4, 0.5) is 0 Å². The fraction of sp³-hybridized carbons (Fsp3) is 0.533. The number of thiophene rings is 1. The second kappa shape index (κ2) is 7.54. The number of piperazine rings is 1. The van der Waals surface area contributed by atoms with E-state index in [0.29, 0.717) is 11.0 Å². The zero-order valence-electron chi connectivity index (χ0n) is 13.9. The number of hydrogen-bond acceptors (Lipinski definition) is 7. The molecule has 1 aliphatic rings. The molecular weight excluding hydrogens is 344 g/mol. The number of hydrogen-bond donors (Lipinski definition) is 1. The van der Waals surface area contributed by atoms with E-state index in [1.54, 1.807) is 11.3 Å². The summed E-state index contributed by atoms with van der Waals surface area (Å²) in [4.78, 5) is 17.9. The van der Waals surface area contributed by atoms with Crippen LogP contribution in [0.25, 0.3) is 10.7 Å². The van der Waals surface area contributed by atoms with Crippen LogP contribution in [0.3, 0.4) is 0 Å². The summed E-state index contributed by atoms with van der Waals surface area (Å²) in [5.41, 5.74) is 0. The number of aromatic nitrogens is 3. The predicted molar refractivity (Wildman–Crippen MR) is 97.5 cm³/mol. The summed E-state index contributed by atoms with van der Waals surface area (Å²) in [5, 5.41) is 10.6. The Labute approximate surface area is 149 Å². The summed E-state index contributed by atoms with van der Waals surface area (Å²) >= 11 is 2.92. The number of amides is 1. The maximum absolute atomic E-state index is 12.6. The lowest BCUT2D eigenvalue weighted by molar-refractivity contribution is -0.132. The molecule has 130 valence electrons. The van der Waals surface area contributed by atoms with Gasteiger partial charge in [0.05, 0.1) is 10.1 Å². The molecule has 9 heteroatoms. The molecule has 2 aromatic heterocycles. The van der Waals surface area contributed by atoms with Gasteiger partial charge in [-0.05, 0) is 24.9 Å². The molecule has 3 heterocycles. The van der Waals surface area contributed by atoms with Crippen molar-refractivity contribution in [2.45, 2.75) is 24.3 Å². The highest BCUT2D eigenvalue weighted by Crippen LogP contribution is 2.27. The first-order valence-electron chi connectivity index (χ1n) is 8.02. The summed E-state index contributed by atoms with van der Waals surface area (Å²) in [6.07, 6.45) is 0. The average Bonchev–Trinajstić information content (AvgIpc) is 3.25. The van der Waals surface area contributed by atoms with Gasteiger partial charge in [-0.3, -0.25) is 4.79 Å². The Hall–Kier alpha value is -1.58. The smallest absolute Gasteiger partial charge is 0.235 e. The van der Waals surface area contributed by atoms with Crippen molar-refractivity contribution in [3.8, 4) is 10.7 Å². The molecule has 0 radical (unpaired) electrons. The lowest BCUT2D eigenvalue weighted by Gasteiger charge is -2.35. The van der Waals surface area contributed by atoms with Gasteiger partial charge in [0.25, 0.3) is 0 Å². The van der Waals surface area contributed by atoms with E-state index in [4.69, 9.17) is 5.84 Å². The molecule has 1 atom stereocenters. The summed E-state index contributed by atoms with van der Waals surface area (Å²) in [7, 11) is 0. The summed E-state index contributed by atoms with van der Waals surface area (Å²) < 4.78 is 1.47. The van der Waals surface area contributed by atoms with Crippen LogP contribution in [0.2, 0.25) is 0 Å². The highest BCUT2D eigenvalue weighted by atomic mass is 32.2. The van der Waals surface area contributed by atoms with Gasteiger partial charge in [0.2, 0.25) is 11.1 Å². The Balaban J connectivity index is 1.63. The van der Waals surface area contributed by atoms with Crippen LogP contribution in [-0.2, 0) is 4.79 Å². The van der Waals surface area contributed by atoms with E-state index >= 15 is 0 Å². The third kappa shape index (κ3) is 3.57. The fourth-order valence-corrected chi connectivity index (χ4v) is 4.24. The van der Waals surface area contributed by atoms with E-state index < -0.39 is 0 Å². The van der Waals surface area contributed by atoms with Gasteiger partial charge in [0.1, 0.15) is 0 Å². The fourth-order valence-electron chi connectivity index (χ4n) is 2.68. The molecule has 1 fully saturated rings. The van der Waals surface area contributed by atoms with Gasteiger partial charge in [-0.15, -0.1) is 21.5 Å². The van der Waals surface area contributed by atoms with Crippen molar-refractivity contribution in [1.29, 1.82) is 0 Å². The number of nitrogens with two attached hydrogens (primary N) is 1. The van der Waals surface area contributed by atoms with Gasteiger partial charge < -0.3 is 15.6 Å². The zero-order valence-corrected chi connectivity index (χ0v) is 15.5. The van der Waals surface area contributed by atoms with E-state index in [1.165, 1.54) is 16.4 Å². The Morgan fingerprint density at radius 2 is 2.12 bits per heavy atom. The van der Waals surface area contributed by atoms with Gasteiger partial charge in [-0.25, -0.2) is 4.68 Å². The minimum atomic E-state index is -0.235. The predicted octanol–water partition coefficient (Wildman–Crippen LogP) is 1.37. The summed E-state index contributed by atoms with van der Waals surface area (Å²) in [5.74, 6) is 6.87. The molecule has 0 aliphatic carbocycles. The van der Waals surface area contributed by atoms with Crippen molar-refractivity contribution in [1.82, 2.24) is 24.7 Å². The number of rotatable bonds is 5. The molecule has 2 aromatic rings. The number of thioether (sulfide) groups is 1. The number of nitrogen functional groups attached to an aromatic ring is 1. The molecule has 3 rings (SSSR count). The van der Waals surface area contributed by atoms with Gasteiger partial charge in [0, 0.05) is 26.2 Å². The van der Waals surface area contributed by atoms with Crippen molar-refractivity contribution in [3.63, 3.8) is 0 Å². The van der Waals surface area contributed by atoms with Crippen molar-refractivity contribution in [3.05, 3.63) is 17.5 Å². The Morgan fingerprint density at radius 1 is 1.38 bits per heavy atom. The van der Waals surface area contributed by atoms with Crippen LogP contribution in [0.1, 0.15) is 13.8 Å². The maximum atomic E-state index is 12.6. The monoisotopic (exact) mass is 366 g/mol. The number of likely N-dealkylation sites (N-methyl/N-ethyl adjacent to an activating group) is 1. The first kappa shape index (κ1) is 17.2. The molecule has 0 bridgehead atoms.